The first-order valence-corrected chi connectivity index (χ1v) is 8.30. The Balaban J connectivity index is 2.04. The van der Waals surface area contributed by atoms with Crippen molar-refractivity contribution in [2.24, 2.45) is 0 Å². The normalized spacial score (nSPS) is 11.2. The molecule has 0 saturated carbocycles. The first-order valence-electron chi connectivity index (χ1n) is 8.30. The minimum absolute atomic E-state index is 0.279. The maximum atomic E-state index is 12.6. The van der Waals surface area contributed by atoms with Gasteiger partial charge < -0.3 is 9.47 Å². The lowest BCUT2D eigenvalue weighted by Crippen LogP contribution is -2.15. The number of fused-ring (bicyclic) bond motifs is 2. The van der Waals surface area contributed by atoms with Crippen molar-refractivity contribution in [3.8, 4) is 17.2 Å². The molecule has 132 valence electrons. The number of nitrogens with zero attached hydrogens (tertiary/aromatic N) is 3. The van der Waals surface area contributed by atoms with E-state index in [1.165, 1.54) is 0 Å². The molecule has 4 aromatic rings. The number of methoxy groups -OCH3 is 1. The number of hydrogen-bond donors (Lipinski definition) is 1. The van der Waals surface area contributed by atoms with E-state index in [4.69, 9.17) is 9.47 Å². The SMILES string of the molecule is CCOc1ccnc2[nH]c(=O)n(-c3ccc4ncc(C)c(OC)c4c3)c12. The van der Waals surface area contributed by atoms with Crippen LogP contribution in [0.5, 0.6) is 11.5 Å². The van der Waals surface area contributed by atoms with Crippen molar-refractivity contribution >= 4 is 22.1 Å². The number of ether oxygens (including phenoxy) is 2. The summed E-state index contributed by atoms with van der Waals surface area (Å²) in [5.41, 5.74) is 3.23. The fraction of sp³-hybridized carbons (Fsp3) is 0.211. The molecule has 0 aliphatic heterocycles. The van der Waals surface area contributed by atoms with Gasteiger partial charge in [0.1, 0.15) is 17.0 Å². The van der Waals surface area contributed by atoms with Gasteiger partial charge in [-0.3, -0.25) is 14.5 Å². The quantitative estimate of drug-likeness (QED) is 0.612. The molecule has 0 fully saturated rings. The average molecular weight is 350 g/mol. The highest BCUT2D eigenvalue weighted by atomic mass is 16.5. The second-order valence-corrected chi connectivity index (χ2v) is 5.88. The molecule has 3 heterocycles. The number of aromatic amines is 1. The summed E-state index contributed by atoms with van der Waals surface area (Å²) in [6.45, 7) is 4.33. The number of hydrogen-bond acceptors (Lipinski definition) is 5. The molecule has 0 spiro atoms. The van der Waals surface area contributed by atoms with Gasteiger partial charge in [-0.15, -0.1) is 0 Å². The number of aryl methyl sites for hydroxylation is 1. The van der Waals surface area contributed by atoms with Crippen molar-refractivity contribution < 1.29 is 9.47 Å². The molecule has 7 nitrogen and oxygen atoms in total. The molecule has 0 aliphatic rings. The average Bonchev–Trinajstić information content (AvgIpc) is 2.98. The van der Waals surface area contributed by atoms with Crippen LogP contribution in [0.1, 0.15) is 12.5 Å². The van der Waals surface area contributed by atoms with Crippen LogP contribution in [0, 0.1) is 6.92 Å². The van der Waals surface area contributed by atoms with E-state index in [0.29, 0.717) is 29.2 Å². The Morgan fingerprint density at radius 2 is 2.08 bits per heavy atom. The van der Waals surface area contributed by atoms with E-state index in [1.807, 2.05) is 32.0 Å². The number of rotatable bonds is 4. The summed E-state index contributed by atoms with van der Waals surface area (Å²) >= 11 is 0. The summed E-state index contributed by atoms with van der Waals surface area (Å²) in [6.07, 6.45) is 3.39. The number of aromatic nitrogens is 4. The Kier molecular flexibility index (Phi) is 3.84. The Bertz CT molecular complexity index is 1180. The summed E-state index contributed by atoms with van der Waals surface area (Å²) in [6, 6.07) is 7.37. The van der Waals surface area contributed by atoms with Crippen LogP contribution < -0.4 is 15.2 Å². The van der Waals surface area contributed by atoms with Crippen molar-refractivity contribution in [3.63, 3.8) is 0 Å². The van der Waals surface area contributed by atoms with Crippen molar-refractivity contribution in [3.05, 3.63) is 52.7 Å². The number of H-pyrrole nitrogens is 1. The predicted molar refractivity (Wildman–Crippen MR) is 99.4 cm³/mol. The number of imidazole rings is 1. The molecule has 1 aromatic carbocycles. The predicted octanol–water partition coefficient (Wildman–Crippen LogP) is 2.98. The zero-order valence-electron chi connectivity index (χ0n) is 14.7. The summed E-state index contributed by atoms with van der Waals surface area (Å²) in [4.78, 5) is 24.1. The van der Waals surface area contributed by atoms with E-state index < -0.39 is 0 Å². The van der Waals surface area contributed by atoms with Gasteiger partial charge in [0.05, 0.1) is 24.9 Å². The van der Waals surface area contributed by atoms with Gasteiger partial charge in [-0.05, 0) is 32.0 Å². The molecule has 7 heteroatoms. The Morgan fingerprint density at radius 3 is 2.85 bits per heavy atom. The highest BCUT2D eigenvalue weighted by Gasteiger charge is 2.16. The monoisotopic (exact) mass is 350 g/mol. The van der Waals surface area contributed by atoms with E-state index in [-0.39, 0.29) is 5.69 Å². The summed E-state index contributed by atoms with van der Waals surface area (Å²) < 4.78 is 12.8. The second-order valence-electron chi connectivity index (χ2n) is 5.88. The zero-order chi connectivity index (χ0) is 18.3. The molecular formula is C19H18N4O3. The molecule has 1 N–H and O–H groups in total. The van der Waals surface area contributed by atoms with Crippen LogP contribution in [-0.2, 0) is 0 Å². The fourth-order valence-electron chi connectivity index (χ4n) is 3.19. The topological polar surface area (TPSA) is 82.0 Å². The molecule has 0 unspecified atom stereocenters. The summed E-state index contributed by atoms with van der Waals surface area (Å²) in [7, 11) is 1.63. The third-order valence-electron chi connectivity index (χ3n) is 4.28. The van der Waals surface area contributed by atoms with Crippen molar-refractivity contribution in [1.29, 1.82) is 0 Å². The van der Waals surface area contributed by atoms with Gasteiger partial charge in [0, 0.05) is 29.4 Å². The first kappa shape index (κ1) is 16.1. The van der Waals surface area contributed by atoms with Crippen LogP contribution in [-0.4, -0.2) is 33.2 Å². The summed E-state index contributed by atoms with van der Waals surface area (Å²) in [5.74, 6) is 1.35. The van der Waals surface area contributed by atoms with Gasteiger partial charge in [-0.1, -0.05) is 0 Å². The lowest BCUT2D eigenvalue weighted by atomic mass is 10.1. The van der Waals surface area contributed by atoms with Gasteiger partial charge in [-0.2, -0.15) is 0 Å². The maximum absolute atomic E-state index is 12.6. The molecule has 0 bridgehead atoms. The third kappa shape index (κ3) is 2.40. The van der Waals surface area contributed by atoms with Crippen LogP contribution in [0.3, 0.4) is 0 Å². The largest absolute Gasteiger partial charge is 0.496 e. The Labute approximate surface area is 149 Å². The fourth-order valence-corrected chi connectivity index (χ4v) is 3.19. The summed E-state index contributed by atoms with van der Waals surface area (Å²) in [5, 5.41) is 0.841. The van der Waals surface area contributed by atoms with Gasteiger partial charge in [0.25, 0.3) is 0 Å². The Morgan fingerprint density at radius 1 is 1.23 bits per heavy atom. The molecule has 26 heavy (non-hydrogen) atoms. The van der Waals surface area contributed by atoms with Gasteiger partial charge >= 0.3 is 5.69 Å². The van der Waals surface area contributed by atoms with Crippen LogP contribution in [0.25, 0.3) is 27.8 Å². The molecule has 0 atom stereocenters. The van der Waals surface area contributed by atoms with Gasteiger partial charge in [0.2, 0.25) is 0 Å². The number of pyridine rings is 2. The van der Waals surface area contributed by atoms with Gasteiger partial charge in [0.15, 0.2) is 5.65 Å². The van der Waals surface area contributed by atoms with E-state index in [2.05, 4.69) is 15.0 Å². The highest BCUT2D eigenvalue weighted by Crippen LogP contribution is 2.31. The van der Waals surface area contributed by atoms with Crippen molar-refractivity contribution in [1.82, 2.24) is 19.5 Å². The standard InChI is InChI=1S/C19H18N4O3/c1-4-26-15-7-8-20-18-16(15)23(19(24)22-18)12-5-6-14-13(9-12)17(25-3)11(2)10-21-14/h5-10H,4H2,1-3H3,(H,20,22,24). The maximum Gasteiger partial charge on any atom is 0.332 e. The minimum Gasteiger partial charge on any atom is -0.496 e. The van der Waals surface area contributed by atoms with Crippen LogP contribution in [0.2, 0.25) is 0 Å². The van der Waals surface area contributed by atoms with E-state index in [9.17, 15) is 4.79 Å². The minimum atomic E-state index is -0.279. The molecule has 0 aliphatic carbocycles. The lowest BCUT2D eigenvalue weighted by Gasteiger charge is -2.11. The number of nitrogens with one attached hydrogen (secondary N) is 1. The van der Waals surface area contributed by atoms with Crippen molar-refractivity contribution in [2.45, 2.75) is 13.8 Å². The first-order chi connectivity index (χ1) is 12.6. The number of benzene rings is 1. The van der Waals surface area contributed by atoms with E-state index in [0.717, 1.165) is 22.2 Å². The van der Waals surface area contributed by atoms with Crippen LogP contribution in [0.15, 0.2) is 41.5 Å². The van der Waals surface area contributed by atoms with Gasteiger partial charge in [-0.25, -0.2) is 9.78 Å². The molecule has 0 radical (unpaired) electrons. The van der Waals surface area contributed by atoms with E-state index >= 15 is 0 Å². The molecule has 4 rings (SSSR count). The molecule has 0 amide bonds. The lowest BCUT2D eigenvalue weighted by molar-refractivity contribution is 0.343. The molecule has 3 aromatic heterocycles. The zero-order valence-corrected chi connectivity index (χ0v) is 14.7. The van der Waals surface area contributed by atoms with Crippen LogP contribution in [0.4, 0.5) is 0 Å². The second kappa shape index (κ2) is 6.18. The van der Waals surface area contributed by atoms with Crippen molar-refractivity contribution in [2.75, 3.05) is 13.7 Å². The van der Waals surface area contributed by atoms with Crippen LogP contribution >= 0.6 is 0 Å². The third-order valence-corrected chi connectivity index (χ3v) is 4.28. The molecular weight excluding hydrogens is 332 g/mol. The Hall–Kier alpha value is -3.35. The smallest absolute Gasteiger partial charge is 0.332 e. The van der Waals surface area contributed by atoms with E-state index in [1.54, 1.807) is 30.1 Å². The molecule has 0 saturated heterocycles. The highest BCUT2D eigenvalue weighted by molar-refractivity contribution is 5.89.